The standard InChI is InChI=1S/C12H17NO4/c1-8-9(7-10(14)15)17-11(13-8)12(2)3-5-16-6-4-12/h3-7H2,1-2H3,(H,14,15). The third-order valence-corrected chi connectivity index (χ3v) is 3.32. The third kappa shape index (κ3) is 2.49. The smallest absolute Gasteiger partial charge is 0.311 e. The summed E-state index contributed by atoms with van der Waals surface area (Å²) in [5.41, 5.74) is 0.551. The SMILES string of the molecule is Cc1nc(C2(C)CCOCC2)oc1CC(=O)O. The van der Waals surface area contributed by atoms with Gasteiger partial charge in [0.1, 0.15) is 12.2 Å². The Bertz CT molecular complexity index is 418. The lowest BCUT2D eigenvalue weighted by atomic mass is 9.82. The molecule has 94 valence electrons. The molecule has 1 aromatic heterocycles. The molecule has 17 heavy (non-hydrogen) atoms. The summed E-state index contributed by atoms with van der Waals surface area (Å²) in [6.45, 7) is 5.28. The second-order valence-corrected chi connectivity index (χ2v) is 4.77. The molecule has 1 saturated heterocycles. The van der Waals surface area contributed by atoms with Crippen molar-refractivity contribution in [1.29, 1.82) is 0 Å². The number of hydrogen-bond acceptors (Lipinski definition) is 4. The predicted molar refractivity (Wildman–Crippen MR) is 60.0 cm³/mol. The molecule has 1 N–H and O–H groups in total. The Kier molecular flexibility index (Phi) is 3.19. The number of nitrogens with zero attached hydrogens (tertiary/aromatic N) is 1. The Labute approximate surface area is 99.8 Å². The van der Waals surface area contributed by atoms with Gasteiger partial charge in [0, 0.05) is 18.6 Å². The molecule has 0 amide bonds. The minimum atomic E-state index is -0.895. The summed E-state index contributed by atoms with van der Waals surface area (Å²) in [6.07, 6.45) is 1.62. The van der Waals surface area contributed by atoms with E-state index in [4.69, 9.17) is 14.3 Å². The number of oxazole rings is 1. The molecule has 5 heteroatoms. The molecule has 0 atom stereocenters. The molecular weight excluding hydrogens is 222 g/mol. The second-order valence-electron chi connectivity index (χ2n) is 4.77. The number of rotatable bonds is 3. The maximum absolute atomic E-state index is 10.7. The van der Waals surface area contributed by atoms with E-state index < -0.39 is 5.97 Å². The highest BCUT2D eigenvalue weighted by atomic mass is 16.5. The first-order chi connectivity index (χ1) is 8.01. The Balaban J connectivity index is 2.23. The van der Waals surface area contributed by atoms with Crippen LogP contribution in [0.15, 0.2) is 4.42 Å². The summed E-state index contributed by atoms with van der Waals surface area (Å²) in [6, 6.07) is 0. The minimum Gasteiger partial charge on any atom is -0.481 e. The summed E-state index contributed by atoms with van der Waals surface area (Å²) < 4.78 is 10.9. The first-order valence-electron chi connectivity index (χ1n) is 5.77. The molecule has 0 saturated carbocycles. The highest BCUT2D eigenvalue weighted by molar-refractivity contribution is 5.69. The Morgan fingerprint density at radius 1 is 1.47 bits per heavy atom. The van der Waals surface area contributed by atoms with E-state index in [-0.39, 0.29) is 11.8 Å². The number of ether oxygens (including phenoxy) is 1. The van der Waals surface area contributed by atoms with Crippen LogP contribution in [-0.2, 0) is 21.4 Å². The third-order valence-electron chi connectivity index (χ3n) is 3.32. The lowest BCUT2D eigenvalue weighted by Gasteiger charge is -2.30. The topological polar surface area (TPSA) is 72.6 Å². The van der Waals surface area contributed by atoms with Crippen LogP contribution in [0.1, 0.15) is 37.1 Å². The number of carbonyl (C=O) groups is 1. The lowest BCUT2D eigenvalue weighted by Crippen LogP contribution is -2.30. The van der Waals surface area contributed by atoms with Crippen LogP contribution in [0.4, 0.5) is 0 Å². The van der Waals surface area contributed by atoms with E-state index in [2.05, 4.69) is 11.9 Å². The molecule has 1 aliphatic heterocycles. The van der Waals surface area contributed by atoms with Crippen LogP contribution in [0.5, 0.6) is 0 Å². The zero-order valence-corrected chi connectivity index (χ0v) is 10.2. The van der Waals surface area contributed by atoms with E-state index in [9.17, 15) is 4.79 Å². The first kappa shape index (κ1) is 12.1. The highest BCUT2D eigenvalue weighted by Gasteiger charge is 2.34. The van der Waals surface area contributed by atoms with Crippen molar-refractivity contribution < 1.29 is 19.1 Å². The van der Waals surface area contributed by atoms with Gasteiger partial charge in [0.05, 0.1) is 5.69 Å². The first-order valence-corrected chi connectivity index (χ1v) is 5.77. The van der Waals surface area contributed by atoms with Crippen LogP contribution >= 0.6 is 0 Å². The van der Waals surface area contributed by atoms with E-state index >= 15 is 0 Å². The molecule has 0 spiro atoms. The molecule has 0 aliphatic carbocycles. The Morgan fingerprint density at radius 3 is 2.71 bits per heavy atom. The van der Waals surface area contributed by atoms with Crippen molar-refractivity contribution in [3.05, 3.63) is 17.3 Å². The van der Waals surface area contributed by atoms with Crippen LogP contribution in [0.3, 0.4) is 0 Å². The van der Waals surface area contributed by atoms with E-state index in [0.29, 0.717) is 30.6 Å². The van der Waals surface area contributed by atoms with Crippen LogP contribution in [0.2, 0.25) is 0 Å². The molecule has 0 radical (unpaired) electrons. The highest BCUT2D eigenvalue weighted by Crippen LogP contribution is 2.34. The molecular formula is C12H17NO4. The van der Waals surface area contributed by atoms with Crippen LogP contribution in [0, 0.1) is 6.92 Å². The molecule has 1 aromatic rings. The second kappa shape index (κ2) is 4.49. The maximum atomic E-state index is 10.7. The zero-order valence-electron chi connectivity index (χ0n) is 10.2. The van der Waals surface area contributed by atoms with Gasteiger partial charge in [-0.2, -0.15) is 0 Å². The summed E-state index contributed by atoms with van der Waals surface area (Å²) in [4.78, 5) is 15.1. The van der Waals surface area contributed by atoms with Gasteiger partial charge in [0.25, 0.3) is 0 Å². The van der Waals surface area contributed by atoms with Crippen LogP contribution in [0.25, 0.3) is 0 Å². The van der Waals surface area contributed by atoms with Crippen molar-refractivity contribution in [1.82, 2.24) is 4.98 Å². The fraction of sp³-hybridized carbons (Fsp3) is 0.667. The Morgan fingerprint density at radius 2 is 2.12 bits per heavy atom. The Hall–Kier alpha value is -1.36. The molecule has 1 fully saturated rings. The van der Waals surface area contributed by atoms with Crippen LogP contribution < -0.4 is 0 Å². The number of aliphatic carboxylic acids is 1. The summed E-state index contributed by atoms with van der Waals surface area (Å²) in [5.74, 6) is 0.211. The van der Waals surface area contributed by atoms with Crippen molar-refractivity contribution >= 4 is 5.97 Å². The number of hydrogen-bond donors (Lipinski definition) is 1. The molecule has 1 aliphatic rings. The normalized spacial score (nSPS) is 19.2. The maximum Gasteiger partial charge on any atom is 0.311 e. The molecule has 5 nitrogen and oxygen atoms in total. The van der Waals surface area contributed by atoms with E-state index in [1.54, 1.807) is 6.92 Å². The van der Waals surface area contributed by atoms with Gasteiger partial charge >= 0.3 is 5.97 Å². The van der Waals surface area contributed by atoms with Crippen molar-refractivity contribution in [3.8, 4) is 0 Å². The number of carboxylic acid groups (broad SMARTS) is 1. The molecule has 0 unspecified atom stereocenters. The van der Waals surface area contributed by atoms with Crippen molar-refractivity contribution in [2.24, 2.45) is 0 Å². The average Bonchev–Trinajstić information content (AvgIpc) is 2.61. The van der Waals surface area contributed by atoms with Gasteiger partial charge in [-0.25, -0.2) is 4.98 Å². The fourth-order valence-electron chi connectivity index (χ4n) is 2.02. The van der Waals surface area contributed by atoms with Crippen LogP contribution in [-0.4, -0.2) is 29.3 Å². The van der Waals surface area contributed by atoms with E-state index in [0.717, 1.165) is 12.8 Å². The van der Waals surface area contributed by atoms with Gasteiger partial charge in [0.2, 0.25) is 5.89 Å². The van der Waals surface area contributed by atoms with Gasteiger partial charge in [-0.15, -0.1) is 0 Å². The van der Waals surface area contributed by atoms with Gasteiger partial charge in [-0.3, -0.25) is 4.79 Å². The van der Waals surface area contributed by atoms with Crippen molar-refractivity contribution in [2.45, 2.75) is 38.5 Å². The zero-order chi connectivity index (χ0) is 12.5. The van der Waals surface area contributed by atoms with Gasteiger partial charge in [0.15, 0.2) is 0 Å². The monoisotopic (exact) mass is 239 g/mol. The molecule has 0 bridgehead atoms. The minimum absolute atomic E-state index is 0.106. The fourth-order valence-corrected chi connectivity index (χ4v) is 2.02. The van der Waals surface area contributed by atoms with Crippen molar-refractivity contribution in [3.63, 3.8) is 0 Å². The quantitative estimate of drug-likeness (QED) is 0.868. The largest absolute Gasteiger partial charge is 0.481 e. The molecule has 0 aromatic carbocycles. The van der Waals surface area contributed by atoms with Gasteiger partial charge < -0.3 is 14.3 Å². The van der Waals surface area contributed by atoms with E-state index in [1.165, 1.54) is 0 Å². The summed E-state index contributed by atoms with van der Waals surface area (Å²) >= 11 is 0. The van der Waals surface area contributed by atoms with Gasteiger partial charge in [-0.05, 0) is 19.8 Å². The lowest BCUT2D eigenvalue weighted by molar-refractivity contribution is -0.136. The summed E-state index contributed by atoms with van der Waals surface area (Å²) in [5, 5.41) is 8.77. The number of aromatic nitrogens is 1. The van der Waals surface area contributed by atoms with Gasteiger partial charge in [-0.1, -0.05) is 6.92 Å². The molecule has 2 heterocycles. The summed E-state index contributed by atoms with van der Waals surface area (Å²) in [7, 11) is 0. The number of aryl methyl sites for hydroxylation is 1. The number of carboxylic acids is 1. The average molecular weight is 239 g/mol. The predicted octanol–water partition coefficient (Wildman–Crippen LogP) is 1.68. The van der Waals surface area contributed by atoms with Crippen molar-refractivity contribution in [2.75, 3.05) is 13.2 Å². The van der Waals surface area contributed by atoms with E-state index in [1.807, 2.05) is 0 Å². The molecule has 2 rings (SSSR count).